The van der Waals surface area contributed by atoms with Gasteiger partial charge in [-0.2, -0.15) is 0 Å². The van der Waals surface area contributed by atoms with Crippen molar-refractivity contribution in [3.63, 3.8) is 0 Å². The number of aliphatic hydroxyl groups excluding tert-OH is 1. The number of aliphatic hydroxyl groups is 1. The van der Waals surface area contributed by atoms with Crippen molar-refractivity contribution in [3.05, 3.63) is 12.2 Å². The smallest absolute Gasteiger partial charge is 0.333 e. The first-order valence-electron chi connectivity index (χ1n) is 3.27. The van der Waals surface area contributed by atoms with E-state index in [9.17, 15) is 4.79 Å². The summed E-state index contributed by atoms with van der Waals surface area (Å²) in [5, 5.41) is 8.45. The van der Waals surface area contributed by atoms with Gasteiger partial charge in [-0.3, -0.25) is 0 Å². The normalized spacial score (nSPS) is 12.3. The maximum absolute atomic E-state index is 10.7. The molecule has 0 saturated carbocycles. The molecule has 3 N–H and O–H groups in total. The Hall–Kier alpha value is -0.870. The minimum atomic E-state index is -0.502. The van der Waals surface area contributed by atoms with Crippen LogP contribution in [0.15, 0.2) is 12.2 Å². The van der Waals surface area contributed by atoms with Crippen LogP contribution in [-0.2, 0) is 9.53 Å². The first kappa shape index (κ1) is 10.1. The van der Waals surface area contributed by atoms with Crippen molar-refractivity contribution < 1.29 is 14.6 Å². The molecule has 0 aliphatic rings. The Morgan fingerprint density at radius 2 is 2.36 bits per heavy atom. The molecule has 0 aromatic rings. The molecule has 11 heavy (non-hydrogen) atoms. The highest BCUT2D eigenvalue weighted by molar-refractivity contribution is 5.86. The van der Waals surface area contributed by atoms with Gasteiger partial charge in [0.25, 0.3) is 0 Å². The average molecular weight is 159 g/mol. The second-order valence-corrected chi connectivity index (χ2v) is 2.32. The quantitative estimate of drug-likeness (QED) is 0.425. The second-order valence-electron chi connectivity index (χ2n) is 2.32. The lowest BCUT2D eigenvalue weighted by Gasteiger charge is -2.08. The topological polar surface area (TPSA) is 72.5 Å². The van der Waals surface area contributed by atoms with Gasteiger partial charge in [0.15, 0.2) is 0 Å². The summed E-state index contributed by atoms with van der Waals surface area (Å²) in [6.45, 7) is 4.77. The summed E-state index contributed by atoms with van der Waals surface area (Å²) < 4.78 is 4.63. The zero-order chi connectivity index (χ0) is 8.85. The van der Waals surface area contributed by atoms with Crippen molar-refractivity contribution in [2.75, 3.05) is 13.2 Å². The van der Waals surface area contributed by atoms with Gasteiger partial charge in [-0.15, -0.1) is 0 Å². The molecule has 0 aliphatic heterocycles. The molecular formula is C7H13NO3. The van der Waals surface area contributed by atoms with Gasteiger partial charge in [0.05, 0.1) is 12.6 Å². The number of rotatable bonds is 4. The van der Waals surface area contributed by atoms with Crippen LogP contribution >= 0.6 is 0 Å². The summed E-state index contributed by atoms with van der Waals surface area (Å²) in [5.74, 6) is -0.478. The van der Waals surface area contributed by atoms with E-state index < -0.39 is 12.0 Å². The molecule has 0 amide bonds. The van der Waals surface area contributed by atoms with E-state index in [1.165, 1.54) is 0 Å². The lowest BCUT2D eigenvalue weighted by atomic mass is 10.3. The number of hydrogen-bond donors (Lipinski definition) is 2. The van der Waals surface area contributed by atoms with Crippen LogP contribution in [0.1, 0.15) is 6.92 Å². The number of hydrogen-bond acceptors (Lipinski definition) is 4. The van der Waals surface area contributed by atoms with Crippen molar-refractivity contribution in [3.8, 4) is 0 Å². The Balaban J connectivity index is 3.54. The molecule has 0 spiro atoms. The molecule has 0 radical (unpaired) electrons. The lowest BCUT2D eigenvalue weighted by molar-refractivity contribution is -0.139. The van der Waals surface area contributed by atoms with Gasteiger partial charge < -0.3 is 15.6 Å². The Labute approximate surface area is 65.6 Å². The van der Waals surface area contributed by atoms with Crippen LogP contribution in [0.2, 0.25) is 0 Å². The largest absolute Gasteiger partial charge is 0.461 e. The highest BCUT2D eigenvalue weighted by Gasteiger charge is 2.06. The van der Waals surface area contributed by atoms with E-state index in [0.717, 1.165) is 0 Å². The summed E-state index contributed by atoms with van der Waals surface area (Å²) in [5.41, 5.74) is 5.59. The van der Waals surface area contributed by atoms with E-state index in [1.807, 2.05) is 0 Å². The van der Waals surface area contributed by atoms with E-state index in [0.29, 0.717) is 5.57 Å². The van der Waals surface area contributed by atoms with Crippen LogP contribution in [0.25, 0.3) is 0 Å². The van der Waals surface area contributed by atoms with Crippen LogP contribution in [0, 0.1) is 0 Å². The molecule has 0 rings (SSSR count). The third-order valence-electron chi connectivity index (χ3n) is 1.01. The van der Waals surface area contributed by atoms with E-state index in [2.05, 4.69) is 11.3 Å². The maximum Gasteiger partial charge on any atom is 0.333 e. The lowest BCUT2D eigenvalue weighted by Crippen LogP contribution is -2.31. The zero-order valence-electron chi connectivity index (χ0n) is 6.54. The molecule has 0 bridgehead atoms. The summed E-state index contributed by atoms with van der Waals surface area (Å²) in [7, 11) is 0. The molecule has 0 fully saturated rings. The van der Waals surface area contributed by atoms with Crippen LogP contribution in [0.3, 0.4) is 0 Å². The number of nitrogens with two attached hydrogens (primary N) is 1. The van der Waals surface area contributed by atoms with E-state index in [4.69, 9.17) is 10.8 Å². The Kier molecular flexibility index (Phi) is 4.49. The van der Waals surface area contributed by atoms with Crippen molar-refractivity contribution in [2.45, 2.75) is 13.0 Å². The van der Waals surface area contributed by atoms with Crippen LogP contribution in [0.4, 0.5) is 0 Å². The van der Waals surface area contributed by atoms with Crippen molar-refractivity contribution in [2.24, 2.45) is 5.73 Å². The summed E-state index contributed by atoms with van der Waals surface area (Å²) in [4.78, 5) is 10.7. The molecular weight excluding hydrogens is 146 g/mol. The molecule has 1 unspecified atom stereocenters. The molecule has 0 aromatic heterocycles. The van der Waals surface area contributed by atoms with Gasteiger partial charge in [0.1, 0.15) is 6.61 Å². The SMILES string of the molecule is C=C(C)C(=O)OCC(N)CO. The van der Waals surface area contributed by atoms with E-state index >= 15 is 0 Å². The van der Waals surface area contributed by atoms with Crippen molar-refractivity contribution >= 4 is 5.97 Å². The highest BCUT2D eigenvalue weighted by atomic mass is 16.5. The summed E-state index contributed by atoms with van der Waals surface area (Å²) in [6.07, 6.45) is 0. The first-order valence-corrected chi connectivity index (χ1v) is 3.27. The molecule has 0 aromatic carbocycles. The van der Waals surface area contributed by atoms with Gasteiger partial charge in [-0.1, -0.05) is 6.58 Å². The number of carbonyl (C=O) groups is 1. The third-order valence-corrected chi connectivity index (χ3v) is 1.01. The minimum Gasteiger partial charge on any atom is -0.461 e. The molecule has 64 valence electrons. The fourth-order valence-corrected chi connectivity index (χ4v) is 0.359. The van der Waals surface area contributed by atoms with Gasteiger partial charge >= 0.3 is 5.97 Å². The predicted molar refractivity (Wildman–Crippen MR) is 40.8 cm³/mol. The number of ether oxygens (including phenoxy) is 1. The molecule has 4 nitrogen and oxygen atoms in total. The number of carbonyl (C=O) groups excluding carboxylic acids is 1. The van der Waals surface area contributed by atoms with E-state index in [-0.39, 0.29) is 13.2 Å². The van der Waals surface area contributed by atoms with Gasteiger partial charge in [-0.05, 0) is 6.92 Å². The maximum atomic E-state index is 10.7. The third kappa shape index (κ3) is 4.52. The fourth-order valence-electron chi connectivity index (χ4n) is 0.359. The van der Waals surface area contributed by atoms with Gasteiger partial charge in [0, 0.05) is 5.57 Å². The van der Waals surface area contributed by atoms with Gasteiger partial charge in [0.2, 0.25) is 0 Å². The van der Waals surface area contributed by atoms with Crippen LogP contribution < -0.4 is 5.73 Å². The molecule has 1 atom stereocenters. The number of esters is 1. The van der Waals surface area contributed by atoms with Crippen LogP contribution in [0.5, 0.6) is 0 Å². The van der Waals surface area contributed by atoms with Gasteiger partial charge in [-0.25, -0.2) is 4.79 Å². The van der Waals surface area contributed by atoms with Crippen molar-refractivity contribution in [1.82, 2.24) is 0 Å². The highest BCUT2D eigenvalue weighted by Crippen LogP contribution is 1.92. The van der Waals surface area contributed by atoms with Crippen LogP contribution in [-0.4, -0.2) is 30.3 Å². The minimum absolute atomic E-state index is 0.0300. The zero-order valence-corrected chi connectivity index (χ0v) is 6.54. The van der Waals surface area contributed by atoms with Crippen molar-refractivity contribution in [1.29, 1.82) is 0 Å². The molecule has 0 aliphatic carbocycles. The second kappa shape index (κ2) is 4.87. The Bertz CT molecular complexity index is 156. The molecule has 4 heteroatoms. The fraction of sp³-hybridized carbons (Fsp3) is 0.571. The Morgan fingerprint density at radius 1 is 1.82 bits per heavy atom. The first-order chi connectivity index (χ1) is 5.07. The van der Waals surface area contributed by atoms with E-state index in [1.54, 1.807) is 6.92 Å². The average Bonchev–Trinajstić information content (AvgIpc) is 1.99. The standard InChI is InChI=1S/C7H13NO3/c1-5(2)7(10)11-4-6(8)3-9/h6,9H,1,3-4,8H2,2H3. The summed E-state index contributed by atoms with van der Waals surface area (Å²) in [6, 6.07) is -0.502. The monoisotopic (exact) mass is 159 g/mol. The predicted octanol–water partition coefficient (Wildman–Crippen LogP) is -0.575. The summed E-state index contributed by atoms with van der Waals surface area (Å²) >= 11 is 0. The molecule has 0 saturated heterocycles. The molecule has 0 heterocycles. The Morgan fingerprint density at radius 3 is 2.73 bits per heavy atom.